The van der Waals surface area contributed by atoms with Crippen molar-refractivity contribution < 1.29 is 125 Å². The lowest BCUT2D eigenvalue weighted by atomic mass is 9.95. The van der Waals surface area contributed by atoms with Crippen LogP contribution in [0.4, 0.5) is 52.7 Å². The summed E-state index contributed by atoms with van der Waals surface area (Å²) in [6, 6.07) is 8.46. The van der Waals surface area contributed by atoms with Gasteiger partial charge >= 0.3 is 41.8 Å². The number of likely N-dealkylation sites (tertiary alicyclic amines) is 4. The van der Waals surface area contributed by atoms with Crippen LogP contribution in [-0.4, -0.2) is 262 Å². The molecule has 12 heterocycles. The lowest BCUT2D eigenvalue weighted by Crippen LogP contribution is -2.43. The summed E-state index contributed by atoms with van der Waals surface area (Å²) in [6.07, 6.45) is 6.32. The standard InChI is InChI=1S/C25H27BrF3N5O4.C24H26BrF3N6O3.C23H22BrF3N4O4S.C23H22ClF3N4O4S/c1-3-38-24(37)20-18(12-34-13-25(28,29)11-15(34)5-7-19(35)36)31-22(23-30-8-9-33(23)2)32-21(20)16-6-4-14(27)10-17(16)26;1-3-37-23(36)19-17(11-34-12-24(27,28)10-14(34)9-18(29)35)31-21(22-30-6-7-33(22)2)32-20(19)15-5-4-13(26)8-16(15)25;1-2-35-22(34)18-16(10-31-11-23(26,27)9-13(31)8-17(32)33)29-20(21-28-5-6-36-21)30-19(18)14-4-3-12(25)7-15(14)24;1-35-22(34)18-16(10-31-11-23(26,27)9-13(31)3-5-17(32)33)29-20(21-28-6-7-36-21)30-19(18)14-4-2-12(25)8-15(14)24/h4,6,8-10,15,21H,3,5,7,11-13H2,1-2H3,(H,31,32)(H,35,36);4-8,14,20H,3,9-12H2,1-2H3,(H2,29,35)(H,31,32);3-7,13,19H,2,8-11H2,1H3,(H,29,30)(H,32,33);2,4,6-8,13,19H,3,5,9-11H2,1H3,(H,29,30)(H,32,33). The summed E-state index contributed by atoms with van der Waals surface area (Å²) in [6.45, 7) is 2.03. The minimum atomic E-state index is -3.08. The van der Waals surface area contributed by atoms with E-state index in [2.05, 4.69) is 99.0 Å². The molecule has 8 aliphatic rings. The molecule has 52 heteroatoms. The molecule has 8 aromatic rings. The highest BCUT2D eigenvalue weighted by molar-refractivity contribution is 9.11. The van der Waals surface area contributed by atoms with Crippen LogP contribution in [0.25, 0.3) is 0 Å². The number of carboxylic acid groups (broad SMARTS) is 3. The number of thiazole rings is 2. The van der Waals surface area contributed by atoms with Gasteiger partial charge in [-0.25, -0.2) is 91.8 Å². The zero-order chi connectivity index (χ0) is 107. The van der Waals surface area contributed by atoms with Crippen LogP contribution in [0.15, 0.2) is 199 Å². The predicted molar refractivity (Wildman–Crippen MR) is 524 cm³/mol. The van der Waals surface area contributed by atoms with Crippen LogP contribution in [0.3, 0.4) is 0 Å². The molecule has 0 radical (unpaired) electrons. The van der Waals surface area contributed by atoms with Crippen LogP contribution in [0.2, 0.25) is 5.02 Å². The Morgan fingerprint density at radius 1 is 0.435 bits per heavy atom. The lowest BCUT2D eigenvalue weighted by Gasteiger charge is -2.31. The number of ether oxygens (including phenoxy) is 4. The normalized spacial score (nSPS) is 21.6. The molecule has 9 N–H and O–H groups in total. The van der Waals surface area contributed by atoms with Crippen LogP contribution >= 0.6 is 82.1 Å². The number of carbonyl (C=O) groups excluding carboxylic acids is 5. The Morgan fingerprint density at radius 2 is 0.741 bits per heavy atom. The van der Waals surface area contributed by atoms with Gasteiger partial charge in [0.2, 0.25) is 5.91 Å². The molecule has 4 fully saturated rings. The fraction of sp³-hybridized carbons (Fsp3) is 0.411. The van der Waals surface area contributed by atoms with Crippen LogP contribution in [0.1, 0.15) is 153 Å². The Hall–Kier alpha value is -12.1. The minimum Gasteiger partial charge on any atom is -0.481 e. The van der Waals surface area contributed by atoms with Crippen molar-refractivity contribution in [1.29, 1.82) is 0 Å². The van der Waals surface area contributed by atoms with Gasteiger partial charge in [-0.1, -0.05) is 83.7 Å². The number of aromatic nitrogens is 6. The van der Waals surface area contributed by atoms with E-state index in [-0.39, 0.29) is 146 Å². The van der Waals surface area contributed by atoms with Crippen LogP contribution in [0, 0.1) is 23.3 Å². The molecular weight excluding hydrogens is 2210 g/mol. The second-order valence-corrected chi connectivity index (χ2v) is 39.7. The monoisotopic (exact) mass is 2310 g/mol. The molecule has 4 aromatic carbocycles. The van der Waals surface area contributed by atoms with Gasteiger partial charge in [0.25, 0.3) is 23.7 Å². The predicted octanol–water partition coefficient (Wildman–Crippen LogP) is 14.8. The van der Waals surface area contributed by atoms with Crippen molar-refractivity contribution in [3.05, 3.63) is 251 Å². The molecule has 147 heavy (non-hydrogen) atoms. The number of primary amides is 1. The first-order valence-corrected chi connectivity index (χ1v) is 50.0. The molecule has 0 aliphatic carbocycles. The number of aryl methyl sites for hydroxylation is 2. The fourth-order valence-corrected chi connectivity index (χ4v) is 21.2. The summed E-state index contributed by atoms with van der Waals surface area (Å²) in [5, 5.41) is 44.2. The van der Waals surface area contributed by atoms with Crippen molar-refractivity contribution in [2.45, 2.75) is 157 Å². The average Bonchev–Trinajstić information content (AvgIpc) is 1.75. The highest BCUT2D eigenvalue weighted by atomic mass is 79.9. The molecule has 8 atom stereocenters. The van der Waals surface area contributed by atoms with Crippen molar-refractivity contribution in [2.24, 2.45) is 39.8 Å². The number of rotatable bonds is 33. The quantitative estimate of drug-likeness (QED) is 0.0108. The van der Waals surface area contributed by atoms with Crippen molar-refractivity contribution in [3.63, 3.8) is 0 Å². The average molecular weight is 2310 g/mol. The molecule has 4 saturated heterocycles. The summed E-state index contributed by atoms with van der Waals surface area (Å²) in [5.74, 6) is -19.1. The highest BCUT2D eigenvalue weighted by Gasteiger charge is 2.52. The van der Waals surface area contributed by atoms with E-state index in [4.69, 9.17) is 56.5 Å². The third-order valence-electron chi connectivity index (χ3n) is 24.4. The molecule has 786 valence electrons. The Bertz CT molecular complexity index is 6550. The van der Waals surface area contributed by atoms with E-state index in [1.807, 2.05) is 0 Å². The number of halogens is 16. The van der Waals surface area contributed by atoms with E-state index >= 15 is 0 Å². The second-order valence-electron chi connectivity index (χ2n) is 34.9. The molecule has 16 rings (SSSR count). The highest BCUT2D eigenvalue weighted by Crippen LogP contribution is 2.47. The van der Waals surface area contributed by atoms with Gasteiger partial charge in [-0.05, 0) is 98.8 Å². The van der Waals surface area contributed by atoms with E-state index in [9.17, 15) is 96.1 Å². The molecular formula is C95H97Br3ClF12N19O15S2. The van der Waals surface area contributed by atoms with E-state index in [0.717, 1.165) is 6.07 Å². The number of hydrogen-bond donors (Lipinski definition) is 8. The lowest BCUT2D eigenvalue weighted by molar-refractivity contribution is -0.140. The third kappa shape index (κ3) is 28.3. The van der Waals surface area contributed by atoms with Gasteiger partial charge in [0, 0.05) is 204 Å². The zero-order valence-corrected chi connectivity index (χ0v) is 86.1. The first-order chi connectivity index (χ1) is 69.6. The van der Waals surface area contributed by atoms with Gasteiger partial charge < -0.3 is 70.4 Å². The zero-order valence-electron chi connectivity index (χ0n) is 79.0. The van der Waals surface area contributed by atoms with Crippen molar-refractivity contribution in [2.75, 3.05) is 79.3 Å². The maximum atomic E-state index is 14.5. The van der Waals surface area contributed by atoms with Gasteiger partial charge in [-0.3, -0.25) is 58.7 Å². The number of aliphatic carboxylic acids is 3. The molecule has 0 spiro atoms. The van der Waals surface area contributed by atoms with E-state index in [1.165, 1.54) is 116 Å². The smallest absolute Gasteiger partial charge is 0.338 e. The van der Waals surface area contributed by atoms with Crippen molar-refractivity contribution >= 4 is 153 Å². The van der Waals surface area contributed by atoms with Gasteiger partial charge in [0.15, 0.2) is 45.0 Å². The number of benzene rings is 4. The second kappa shape index (κ2) is 48.5. The SMILES string of the molecule is CCOC(=O)C1=C(CN2CC(F)(F)CC2CC(=O)O)NC(c2nccs2)=NC1c1ccc(F)cc1Br.CCOC(=O)C1=C(CN2CC(F)(F)CC2CC(N)=O)NC(c2nccn2C)=NC1c1ccc(F)cc1Br.CCOC(=O)C1=C(CN2CC(F)(F)CC2CCC(=O)O)NC(c2nccn2C)=NC1c1ccc(F)cc1Br.COC(=O)C1=C(CN2CC(F)(F)CC2CCC(=O)O)NC(c2nccs2)=NC1c1ccc(F)cc1Cl. The third-order valence-corrected chi connectivity index (χ3v) is 28.3. The number of nitrogens with one attached hydrogen (secondary N) is 4. The molecule has 34 nitrogen and oxygen atoms in total. The number of carboxylic acids is 3. The summed E-state index contributed by atoms with van der Waals surface area (Å²) < 4.78 is 196. The van der Waals surface area contributed by atoms with Gasteiger partial charge in [0.1, 0.15) is 47.4 Å². The summed E-state index contributed by atoms with van der Waals surface area (Å²) in [5.41, 5.74) is 8.32. The van der Waals surface area contributed by atoms with E-state index in [0.29, 0.717) is 63.2 Å². The van der Waals surface area contributed by atoms with Gasteiger partial charge in [-0.15, -0.1) is 22.7 Å². The number of aliphatic imine (C=N–C) groups is 4. The first kappa shape index (κ1) is 112. The number of amidine groups is 4. The maximum absolute atomic E-state index is 14.5. The Balaban J connectivity index is 0.000000164. The minimum absolute atomic E-state index is 0.0202. The number of alkyl halides is 8. The van der Waals surface area contributed by atoms with Crippen molar-refractivity contribution in [3.8, 4) is 0 Å². The number of carbonyl (C=O) groups is 8. The summed E-state index contributed by atoms with van der Waals surface area (Å²) in [7, 11) is 4.68. The van der Waals surface area contributed by atoms with E-state index < -0.39 is 201 Å². The topological polar surface area (TPSA) is 432 Å². The van der Waals surface area contributed by atoms with Crippen molar-refractivity contribution in [1.82, 2.24) is 69.9 Å². The number of nitrogens with zero attached hydrogens (tertiary/aromatic N) is 14. The van der Waals surface area contributed by atoms with Gasteiger partial charge in [-0.2, -0.15) is 0 Å². The van der Waals surface area contributed by atoms with E-state index in [1.54, 1.807) is 91.9 Å². The maximum Gasteiger partial charge on any atom is 0.338 e. The van der Waals surface area contributed by atoms with Crippen LogP contribution in [-0.2, 0) is 71.4 Å². The van der Waals surface area contributed by atoms with Crippen LogP contribution in [0.5, 0.6) is 0 Å². The number of hydrogen-bond acceptors (Lipinski definition) is 30. The van der Waals surface area contributed by atoms with Crippen LogP contribution < -0.4 is 27.0 Å². The first-order valence-electron chi connectivity index (χ1n) is 45.5. The number of methoxy groups -OCH3 is 1. The number of esters is 4. The number of nitrogens with two attached hydrogens (primary N) is 1. The summed E-state index contributed by atoms with van der Waals surface area (Å²) >= 11 is 18.9. The molecule has 0 saturated carbocycles. The van der Waals surface area contributed by atoms with Gasteiger partial charge in [0.05, 0.1) is 81.8 Å². The molecule has 4 aromatic heterocycles. The number of amides is 1. The molecule has 1 amide bonds. The number of imidazole rings is 2. The summed E-state index contributed by atoms with van der Waals surface area (Å²) in [4.78, 5) is 139. The molecule has 0 bridgehead atoms. The molecule has 8 unspecified atom stereocenters. The Morgan fingerprint density at radius 3 is 1.03 bits per heavy atom. The Kier molecular flexibility index (Phi) is 36.9. The largest absolute Gasteiger partial charge is 0.481 e. The Labute approximate surface area is 870 Å². The molecule has 8 aliphatic heterocycles. The fourth-order valence-electron chi connectivity index (χ4n) is 18.1.